The van der Waals surface area contributed by atoms with Crippen LogP contribution in [0, 0.1) is 0 Å². The monoisotopic (exact) mass is 525 g/mol. The zero-order valence-electron chi connectivity index (χ0n) is 22.5. The van der Waals surface area contributed by atoms with E-state index in [0.29, 0.717) is 0 Å². The quantitative estimate of drug-likeness (QED) is 0.226. The van der Waals surface area contributed by atoms with Gasteiger partial charge in [-0.3, -0.25) is 4.57 Å². The first-order chi connectivity index (χ1) is 20.3. The molecule has 0 N–H and O–H groups in total. The molecule has 0 aliphatic carbocycles. The number of aromatic nitrogens is 1. The van der Waals surface area contributed by atoms with Crippen LogP contribution >= 0.6 is 0 Å². The molecule has 5 aromatic carbocycles. The Balaban J connectivity index is 1.35. The molecule has 0 bridgehead atoms. The van der Waals surface area contributed by atoms with Gasteiger partial charge in [-0.2, -0.15) is 0 Å². The van der Waals surface area contributed by atoms with Gasteiger partial charge in [-0.25, -0.2) is 4.99 Å². The summed E-state index contributed by atoms with van der Waals surface area (Å²) in [6.07, 6.45) is 8.63. The van der Waals surface area contributed by atoms with Crippen molar-refractivity contribution in [2.24, 2.45) is 4.99 Å². The number of allylic oxidation sites excluding steroid dienone is 3. The zero-order chi connectivity index (χ0) is 27.2. The predicted molar refractivity (Wildman–Crippen MR) is 171 cm³/mol. The molecule has 0 spiro atoms. The number of fused-ring (bicyclic) bond motifs is 4. The molecule has 3 heterocycles. The maximum absolute atomic E-state index is 5.19. The van der Waals surface area contributed by atoms with Crippen LogP contribution in [0.25, 0.3) is 49.6 Å². The van der Waals surface area contributed by atoms with Gasteiger partial charge in [0.15, 0.2) is 0 Å². The lowest BCUT2D eigenvalue weighted by atomic mass is 9.91. The normalized spacial score (nSPS) is 14.5. The summed E-state index contributed by atoms with van der Waals surface area (Å²) >= 11 is 0. The van der Waals surface area contributed by atoms with E-state index < -0.39 is 0 Å². The van der Waals surface area contributed by atoms with Crippen molar-refractivity contribution >= 4 is 33.3 Å². The third-order valence-corrected chi connectivity index (χ3v) is 8.03. The fraction of sp³-hybridized carbons (Fsp3) is 0.0263. The Morgan fingerprint density at radius 3 is 1.68 bits per heavy atom. The van der Waals surface area contributed by atoms with E-state index in [1.807, 2.05) is 0 Å². The van der Waals surface area contributed by atoms with Gasteiger partial charge in [-0.05, 0) is 64.2 Å². The van der Waals surface area contributed by atoms with E-state index in [9.17, 15) is 0 Å². The van der Waals surface area contributed by atoms with Gasteiger partial charge < -0.3 is 4.90 Å². The van der Waals surface area contributed by atoms with Crippen LogP contribution < -0.4 is 0 Å². The minimum atomic E-state index is 0.757. The van der Waals surface area contributed by atoms with Crippen LogP contribution in [0.15, 0.2) is 163 Å². The van der Waals surface area contributed by atoms with Crippen molar-refractivity contribution in [1.29, 1.82) is 0 Å². The average Bonchev–Trinajstić information content (AvgIpc) is 3.39. The maximum atomic E-state index is 5.19. The van der Waals surface area contributed by atoms with Crippen LogP contribution in [0.1, 0.15) is 5.56 Å². The number of nitrogens with zero attached hydrogens (tertiary/aromatic N) is 3. The zero-order valence-corrected chi connectivity index (χ0v) is 22.5. The van der Waals surface area contributed by atoms with Crippen LogP contribution in [-0.4, -0.2) is 22.0 Å². The van der Waals surface area contributed by atoms with Gasteiger partial charge in [-0.1, -0.05) is 109 Å². The number of rotatable bonds is 3. The van der Waals surface area contributed by atoms with Gasteiger partial charge in [0.2, 0.25) is 5.96 Å². The number of hydrogen-bond donors (Lipinski definition) is 0. The average molecular weight is 526 g/mol. The van der Waals surface area contributed by atoms with E-state index in [1.165, 1.54) is 33.0 Å². The standard InChI is InChI=1S/C38H27N3/c1-3-13-27(14-4-1)29-23-30(28-15-5-2-6-16-28)25-31(24-29)34-26-39-38(40-22-12-11-19-35(34)40)41-36-20-9-7-17-32(36)33-18-8-10-21-37(33)41/h1-21,23-26H,22H2. The SMILES string of the molecule is C1=CCN2C(=C1)C(c1cc(-c3ccccc3)cc(-c3ccccc3)c1)=CN=C2n1c2ccccc2c2ccccc21. The molecule has 2 aliphatic heterocycles. The van der Waals surface area contributed by atoms with Gasteiger partial charge in [0, 0.05) is 29.1 Å². The minimum absolute atomic E-state index is 0.757. The molecule has 41 heavy (non-hydrogen) atoms. The third kappa shape index (κ3) is 3.94. The van der Waals surface area contributed by atoms with Gasteiger partial charge >= 0.3 is 0 Å². The summed E-state index contributed by atoms with van der Waals surface area (Å²) < 4.78 is 2.31. The predicted octanol–water partition coefficient (Wildman–Crippen LogP) is 9.14. The maximum Gasteiger partial charge on any atom is 0.215 e. The van der Waals surface area contributed by atoms with Crippen LogP contribution in [0.3, 0.4) is 0 Å². The molecular weight excluding hydrogens is 498 g/mol. The summed E-state index contributed by atoms with van der Waals surface area (Å²) in [5.41, 5.74) is 10.5. The highest BCUT2D eigenvalue weighted by molar-refractivity contribution is 6.14. The molecule has 3 heteroatoms. The molecule has 2 aliphatic rings. The molecule has 0 radical (unpaired) electrons. The molecule has 0 saturated carbocycles. The van der Waals surface area contributed by atoms with Crippen LogP contribution in [0.5, 0.6) is 0 Å². The highest BCUT2D eigenvalue weighted by Crippen LogP contribution is 2.38. The van der Waals surface area contributed by atoms with Crippen molar-refractivity contribution in [3.05, 3.63) is 163 Å². The second-order valence-electron chi connectivity index (χ2n) is 10.5. The number of aliphatic imine (C=N–C) groups is 1. The highest BCUT2D eigenvalue weighted by Gasteiger charge is 2.28. The lowest BCUT2D eigenvalue weighted by Gasteiger charge is -2.34. The molecule has 6 aromatic rings. The fourth-order valence-corrected chi connectivity index (χ4v) is 6.11. The topological polar surface area (TPSA) is 20.5 Å². The van der Waals surface area contributed by atoms with E-state index in [-0.39, 0.29) is 0 Å². The first-order valence-electron chi connectivity index (χ1n) is 14.0. The van der Waals surface area contributed by atoms with Crippen molar-refractivity contribution in [2.45, 2.75) is 0 Å². The van der Waals surface area contributed by atoms with Crippen molar-refractivity contribution in [3.8, 4) is 22.3 Å². The molecule has 0 unspecified atom stereocenters. The Morgan fingerprint density at radius 1 is 0.537 bits per heavy atom. The van der Waals surface area contributed by atoms with Gasteiger partial charge in [0.25, 0.3) is 0 Å². The second kappa shape index (κ2) is 9.65. The molecule has 1 aromatic heterocycles. The Hall–Kier alpha value is -5.41. The lowest BCUT2D eigenvalue weighted by Crippen LogP contribution is -2.38. The van der Waals surface area contributed by atoms with Crippen LogP contribution in [0.2, 0.25) is 0 Å². The van der Waals surface area contributed by atoms with Crippen molar-refractivity contribution in [3.63, 3.8) is 0 Å². The third-order valence-electron chi connectivity index (χ3n) is 8.03. The number of hydrogen-bond acceptors (Lipinski definition) is 2. The first kappa shape index (κ1) is 23.5. The van der Waals surface area contributed by atoms with Crippen LogP contribution in [-0.2, 0) is 0 Å². The van der Waals surface area contributed by atoms with Gasteiger partial charge in [0.05, 0.1) is 16.7 Å². The second-order valence-corrected chi connectivity index (χ2v) is 10.5. The van der Waals surface area contributed by atoms with Crippen molar-refractivity contribution < 1.29 is 0 Å². The molecule has 0 saturated heterocycles. The largest absolute Gasteiger partial charge is 0.307 e. The Kier molecular flexibility index (Phi) is 5.53. The van der Waals surface area contributed by atoms with E-state index in [4.69, 9.17) is 4.99 Å². The van der Waals surface area contributed by atoms with Gasteiger partial charge in [-0.15, -0.1) is 0 Å². The summed E-state index contributed by atoms with van der Waals surface area (Å²) in [5.74, 6) is 0.921. The van der Waals surface area contributed by atoms with E-state index in [2.05, 4.69) is 161 Å². The first-order valence-corrected chi connectivity index (χ1v) is 14.0. The summed E-state index contributed by atoms with van der Waals surface area (Å²) in [6, 6.07) is 45.3. The molecule has 194 valence electrons. The fourth-order valence-electron chi connectivity index (χ4n) is 6.11. The van der Waals surface area contributed by atoms with Crippen LogP contribution in [0.4, 0.5) is 0 Å². The molecule has 3 nitrogen and oxygen atoms in total. The van der Waals surface area contributed by atoms with Gasteiger partial charge in [0.1, 0.15) is 0 Å². The Bertz CT molecular complexity index is 1950. The lowest BCUT2D eigenvalue weighted by molar-refractivity contribution is 0.562. The number of benzene rings is 5. The summed E-state index contributed by atoms with van der Waals surface area (Å²) in [5, 5.41) is 2.48. The minimum Gasteiger partial charge on any atom is -0.307 e. The van der Waals surface area contributed by atoms with Crippen molar-refractivity contribution in [1.82, 2.24) is 9.47 Å². The smallest absolute Gasteiger partial charge is 0.215 e. The van der Waals surface area contributed by atoms with E-state index >= 15 is 0 Å². The van der Waals surface area contributed by atoms with Crippen molar-refractivity contribution in [2.75, 3.05) is 6.54 Å². The highest BCUT2D eigenvalue weighted by atomic mass is 15.3. The molecule has 8 rings (SSSR count). The molecular formula is C38H27N3. The Morgan fingerprint density at radius 2 is 1.07 bits per heavy atom. The number of para-hydroxylation sites is 2. The Labute approximate surface area is 239 Å². The summed E-state index contributed by atoms with van der Waals surface area (Å²) in [7, 11) is 0. The molecule has 0 fully saturated rings. The molecule has 0 atom stereocenters. The summed E-state index contributed by atoms with van der Waals surface area (Å²) in [6.45, 7) is 0.757. The van der Waals surface area contributed by atoms with E-state index in [1.54, 1.807) is 0 Å². The summed E-state index contributed by atoms with van der Waals surface area (Å²) in [4.78, 5) is 7.53. The molecule has 0 amide bonds. The van der Waals surface area contributed by atoms with E-state index in [0.717, 1.165) is 40.4 Å².